The first kappa shape index (κ1) is 17.9. The van der Waals surface area contributed by atoms with Crippen LogP contribution in [-0.2, 0) is 0 Å². The molecule has 1 aromatic rings. The lowest BCUT2D eigenvalue weighted by molar-refractivity contribution is -0.274. The molecule has 1 rings (SSSR count). The molecule has 0 aliphatic carbocycles. The summed E-state index contributed by atoms with van der Waals surface area (Å²) in [6.07, 6.45) is -4.22. The highest BCUT2D eigenvalue weighted by molar-refractivity contribution is 5.85. The van der Waals surface area contributed by atoms with E-state index in [1.165, 1.54) is 0 Å². The SMILES string of the molecule is Cl.N[C@@H](CCCO)c1cc(OC(F)(F)F)ccc1F. The van der Waals surface area contributed by atoms with E-state index in [9.17, 15) is 17.6 Å². The number of nitrogens with two attached hydrogens (primary N) is 1. The normalized spacial score (nSPS) is 12.7. The van der Waals surface area contributed by atoms with Crippen molar-refractivity contribution in [2.24, 2.45) is 5.73 Å². The number of benzene rings is 1. The number of alkyl halides is 3. The second-order valence-electron chi connectivity index (χ2n) is 3.70. The average Bonchev–Trinajstić information content (AvgIpc) is 2.26. The maximum absolute atomic E-state index is 13.4. The lowest BCUT2D eigenvalue weighted by Gasteiger charge is -2.15. The molecule has 0 aliphatic heterocycles. The highest BCUT2D eigenvalue weighted by atomic mass is 35.5. The zero-order valence-electron chi connectivity index (χ0n) is 9.78. The summed E-state index contributed by atoms with van der Waals surface area (Å²) in [7, 11) is 0. The van der Waals surface area contributed by atoms with Crippen LogP contribution in [0.4, 0.5) is 17.6 Å². The van der Waals surface area contributed by atoms with Crippen molar-refractivity contribution >= 4 is 12.4 Å². The average molecular weight is 304 g/mol. The van der Waals surface area contributed by atoms with Gasteiger partial charge in [0.25, 0.3) is 0 Å². The zero-order valence-corrected chi connectivity index (χ0v) is 10.6. The van der Waals surface area contributed by atoms with Crippen molar-refractivity contribution in [2.45, 2.75) is 25.2 Å². The largest absolute Gasteiger partial charge is 0.573 e. The first-order valence-electron chi connectivity index (χ1n) is 5.25. The first-order valence-corrected chi connectivity index (χ1v) is 5.25. The molecular weight excluding hydrogens is 290 g/mol. The topological polar surface area (TPSA) is 55.5 Å². The summed E-state index contributed by atoms with van der Waals surface area (Å²) in [4.78, 5) is 0. The Hall–Kier alpha value is -1.05. The Morgan fingerprint density at radius 3 is 2.47 bits per heavy atom. The summed E-state index contributed by atoms with van der Waals surface area (Å²) in [5.74, 6) is -1.21. The number of rotatable bonds is 5. The van der Waals surface area contributed by atoms with Crippen molar-refractivity contribution in [3.8, 4) is 5.75 Å². The van der Waals surface area contributed by atoms with Crippen molar-refractivity contribution < 1.29 is 27.4 Å². The fourth-order valence-electron chi connectivity index (χ4n) is 1.47. The zero-order chi connectivity index (χ0) is 13.8. The molecule has 0 saturated carbocycles. The Bertz CT molecular complexity index is 401. The van der Waals surface area contributed by atoms with E-state index in [2.05, 4.69) is 4.74 Å². The van der Waals surface area contributed by atoms with E-state index in [1.807, 2.05) is 0 Å². The van der Waals surface area contributed by atoms with Crippen molar-refractivity contribution in [3.63, 3.8) is 0 Å². The molecule has 110 valence electrons. The molecular formula is C11H14ClF4NO2. The van der Waals surface area contributed by atoms with Gasteiger partial charge in [-0.2, -0.15) is 0 Å². The minimum atomic E-state index is -4.83. The first-order chi connectivity index (χ1) is 8.33. The fraction of sp³-hybridized carbons (Fsp3) is 0.455. The van der Waals surface area contributed by atoms with Crippen molar-refractivity contribution in [1.29, 1.82) is 0 Å². The number of aliphatic hydroxyl groups excluding tert-OH is 1. The molecule has 0 saturated heterocycles. The number of hydrogen-bond acceptors (Lipinski definition) is 3. The standard InChI is InChI=1S/C11H13F4NO2.ClH/c12-9-4-3-7(18-11(13,14)15)6-8(9)10(16)2-1-5-17;/h3-4,6,10,17H,1-2,5,16H2;1H/t10-;/m0./s1. The predicted octanol–water partition coefficient (Wildman–Crippen LogP) is 2.92. The van der Waals surface area contributed by atoms with E-state index in [4.69, 9.17) is 10.8 Å². The van der Waals surface area contributed by atoms with Crippen LogP contribution in [0.15, 0.2) is 18.2 Å². The lowest BCUT2D eigenvalue weighted by atomic mass is 10.0. The maximum Gasteiger partial charge on any atom is 0.573 e. The monoisotopic (exact) mass is 303 g/mol. The van der Waals surface area contributed by atoms with Gasteiger partial charge in [-0.15, -0.1) is 25.6 Å². The highest BCUT2D eigenvalue weighted by Crippen LogP contribution is 2.28. The van der Waals surface area contributed by atoms with Crippen LogP contribution in [0.25, 0.3) is 0 Å². The molecule has 19 heavy (non-hydrogen) atoms. The molecule has 8 heteroatoms. The van der Waals surface area contributed by atoms with Gasteiger partial charge in [-0.05, 0) is 31.0 Å². The number of ether oxygens (including phenoxy) is 1. The van der Waals surface area contributed by atoms with E-state index in [-0.39, 0.29) is 31.0 Å². The second kappa shape index (κ2) is 7.52. The summed E-state index contributed by atoms with van der Waals surface area (Å²) in [6, 6.07) is 1.89. The van der Waals surface area contributed by atoms with E-state index in [0.717, 1.165) is 18.2 Å². The van der Waals surface area contributed by atoms with Crippen LogP contribution in [-0.4, -0.2) is 18.1 Å². The van der Waals surface area contributed by atoms with Gasteiger partial charge in [-0.1, -0.05) is 0 Å². The minimum Gasteiger partial charge on any atom is -0.406 e. The molecule has 0 radical (unpaired) electrons. The summed E-state index contributed by atoms with van der Waals surface area (Å²) < 4.78 is 53.1. The molecule has 0 bridgehead atoms. The molecule has 1 atom stereocenters. The third-order valence-corrected chi connectivity index (χ3v) is 2.27. The van der Waals surface area contributed by atoms with Crippen molar-refractivity contribution in [2.75, 3.05) is 6.61 Å². The summed E-state index contributed by atoms with van der Waals surface area (Å²) in [5, 5.41) is 8.62. The summed E-state index contributed by atoms with van der Waals surface area (Å²) in [5.41, 5.74) is 5.56. The van der Waals surface area contributed by atoms with Crippen LogP contribution in [0, 0.1) is 5.82 Å². The molecule has 0 fully saturated rings. The molecule has 0 aromatic heterocycles. The van der Waals surface area contributed by atoms with Crippen LogP contribution in [0.5, 0.6) is 5.75 Å². The Kier molecular flexibility index (Phi) is 7.10. The van der Waals surface area contributed by atoms with E-state index >= 15 is 0 Å². The van der Waals surface area contributed by atoms with Gasteiger partial charge in [0.15, 0.2) is 0 Å². The summed E-state index contributed by atoms with van der Waals surface area (Å²) in [6.45, 7) is -0.117. The summed E-state index contributed by atoms with van der Waals surface area (Å²) >= 11 is 0. The molecule has 0 amide bonds. The molecule has 0 heterocycles. The van der Waals surface area contributed by atoms with E-state index in [0.29, 0.717) is 6.42 Å². The third kappa shape index (κ3) is 6.09. The molecule has 1 aromatic carbocycles. The molecule has 0 aliphatic rings. The highest BCUT2D eigenvalue weighted by Gasteiger charge is 2.31. The number of aliphatic hydroxyl groups is 1. The second-order valence-corrected chi connectivity index (χ2v) is 3.70. The van der Waals surface area contributed by atoms with Crippen LogP contribution in [0.3, 0.4) is 0 Å². The van der Waals surface area contributed by atoms with Gasteiger partial charge in [0, 0.05) is 18.2 Å². The number of hydrogen-bond donors (Lipinski definition) is 2. The van der Waals surface area contributed by atoms with Crippen LogP contribution >= 0.6 is 12.4 Å². The maximum atomic E-state index is 13.4. The van der Waals surface area contributed by atoms with Gasteiger partial charge < -0.3 is 15.6 Å². The van der Waals surface area contributed by atoms with Gasteiger partial charge in [-0.25, -0.2) is 4.39 Å². The van der Waals surface area contributed by atoms with E-state index in [1.54, 1.807) is 0 Å². The molecule has 0 unspecified atom stereocenters. The van der Waals surface area contributed by atoms with Crippen LogP contribution < -0.4 is 10.5 Å². The molecule has 0 spiro atoms. The van der Waals surface area contributed by atoms with Crippen LogP contribution in [0.2, 0.25) is 0 Å². The lowest BCUT2D eigenvalue weighted by Crippen LogP contribution is -2.18. The van der Waals surface area contributed by atoms with Gasteiger partial charge >= 0.3 is 6.36 Å². The Morgan fingerprint density at radius 2 is 1.95 bits per heavy atom. The van der Waals surface area contributed by atoms with Crippen molar-refractivity contribution in [1.82, 2.24) is 0 Å². The fourth-order valence-corrected chi connectivity index (χ4v) is 1.47. The van der Waals surface area contributed by atoms with Gasteiger partial charge in [0.05, 0.1) is 0 Å². The van der Waals surface area contributed by atoms with Crippen molar-refractivity contribution in [3.05, 3.63) is 29.6 Å². The van der Waals surface area contributed by atoms with Gasteiger partial charge in [0.2, 0.25) is 0 Å². The Morgan fingerprint density at radius 1 is 1.32 bits per heavy atom. The van der Waals surface area contributed by atoms with Crippen LogP contribution in [0.1, 0.15) is 24.4 Å². The third-order valence-electron chi connectivity index (χ3n) is 2.27. The van der Waals surface area contributed by atoms with E-state index < -0.39 is 24.0 Å². The van der Waals surface area contributed by atoms with Gasteiger partial charge in [-0.3, -0.25) is 0 Å². The smallest absolute Gasteiger partial charge is 0.406 e. The Labute approximate surface area is 113 Å². The predicted molar refractivity (Wildman–Crippen MR) is 63.6 cm³/mol. The minimum absolute atomic E-state index is 0. The quantitative estimate of drug-likeness (QED) is 0.822. The van der Waals surface area contributed by atoms with Gasteiger partial charge in [0.1, 0.15) is 11.6 Å². The molecule has 3 nitrogen and oxygen atoms in total. The Balaban J connectivity index is 0.00000324. The molecule has 3 N–H and O–H groups in total. The number of halogens is 5.